The molecule has 0 amide bonds. The van der Waals surface area contributed by atoms with Gasteiger partial charge in [0.15, 0.2) is 0 Å². The molecule has 0 unspecified atom stereocenters. The van der Waals surface area contributed by atoms with E-state index in [1.165, 1.54) is 13.1 Å². The second-order valence-electron chi connectivity index (χ2n) is 3.75. The second kappa shape index (κ2) is 3.92. The Balaban J connectivity index is 2.89. The number of alkyl halides is 3. The van der Waals surface area contributed by atoms with E-state index in [9.17, 15) is 13.2 Å². The third-order valence-electron chi connectivity index (χ3n) is 2.74. The van der Waals surface area contributed by atoms with E-state index in [-0.39, 0.29) is 12.1 Å². The molecule has 0 saturated heterocycles. The zero-order valence-electron chi connectivity index (χ0n) is 8.98. The van der Waals surface area contributed by atoms with Crippen molar-refractivity contribution in [1.82, 2.24) is 4.57 Å². The summed E-state index contributed by atoms with van der Waals surface area (Å²) in [4.78, 5) is 0. The van der Waals surface area contributed by atoms with Gasteiger partial charge in [-0.15, -0.1) is 0 Å². The third kappa shape index (κ3) is 1.89. The normalized spacial score (nSPS) is 12.4. The Kier molecular flexibility index (Phi) is 2.83. The fraction of sp³-hybridized carbons (Fsp3) is 0.273. The van der Waals surface area contributed by atoms with Crippen molar-refractivity contribution in [2.75, 3.05) is 0 Å². The Morgan fingerprint density at radius 1 is 1.35 bits per heavy atom. The average molecular weight is 263 g/mol. The molecule has 6 heteroatoms. The van der Waals surface area contributed by atoms with E-state index < -0.39 is 11.9 Å². The first-order valence-electron chi connectivity index (χ1n) is 4.90. The minimum atomic E-state index is -4.42. The number of aromatic nitrogens is 1. The van der Waals surface area contributed by atoms with Gasteiger partial charge in [-0.1, -0.05) is 11.6 Å². The zero-order valence-corrected chi connectivity index (χ0v) is 9.73. The van der Waals surface area contributed by atoms with Crippen molar-refractivity contribution in [3.05, 3.63) is 34.5 Å². The quantitative estimate of drug-likeness (QED) is 0.840. The lowest BCUT2D eigenvalue weighted by Crippen LogP contribution is -2.15. The summed E-state index contributed by atoms with van der Waals surface area (Å²) in [5, 5.41) is 0.848. The zero-order chi connectivity index (χ0) is 12.8. The van der Waals surface area contributed by atoms with Crippen molar-refractivity contribution >= 4 is 22.5 Å². The third-order valence-corrected chi connectivity index (χ3v) is 2.97. The van der Waals surface area contributed by atoms with Gasteiger partial charge in [0.2, 0.25) is 0 Å². The molecular weight excluding hydrogens is 253 g/mol. The van der Waals surface area contributed by atoms with E-state index in [4.69, 9.17) is 17.3 Å². The van der Waals surface area contributed by atoms with Crippen molar-refractivity contribution in [3.8, 4) is 0 Å². The molecular formula is C11H10ClF3N2. The van der Waals surface area contributed by atoms with E-state index in [2.05, 4.69) is 0 Å². The van der Waals surface area contributed by atoms with Crippen LogP contribution in [0.4, 0.5) is 13.2 Å². The van der Waals surface area contributed by atoms with E-state index in [1.807, 2.05) is 0 Å². The minimum absolute atomic E-state index is 0.0810. The van der Waals surface area contributed by atoms with E-state index in [1.54, 1.807) is 12.1 Å². The highest BCUT2D eigenvalue weighted by Crippen LogP contribution is 2.38. The van der Waals surface area contributed by atoms with Gasteiger partial charge in [-0.25, -0.2) is 0 Å². The number of hydrogen-bond acceptors (Lipinski definition) is 1. The summed E-state index contributed by atoms with van der Waals surface area (Å²) in [7, 11) is 1.37. The largest absolute Gasteiger partial charge is 0.431 e. The van der Waals surface area contributed by atoms with E-state index in [0.717, 1.165) is 4.57 Å². The van der Waals surface area contributed by atoms with Gasteiger partial charge in [0.25, 0.3) is 0 Å². The molecule has 1 aromatic carbocycles. The Morgan fingerprint density at radius 2 is 2.00 bits per heavy atom. The predicted molar refractivity (Wildman–Crippen MR) is 60.8 cm³/mol. The van der Waals surface area contributed by atoms with Crippen molar-refractivity contribution in [2.24, 2.45) is 12.8 Å². The van der Waals surface area contributed by atoms with Crippen LogP contribution >= 0.6 is 11.6 Å². The maximum absolute atomic E-state index is 12.9. The van der Waals surface area contributed by atoms with E-state index in [0.29, 0.717) is 15.9 Å². The first-order chi connectivity index (χ1) is 7.86. The molecule has 2 nitrogen and oxygen atoms in total. The molecule has 0 saturated carbocycles. The molecule has 92 valence electrons. The average Bonchev–Trinajstić information content (AvgIpc) is 2.50. The van der Waals surface area contributed by atoms with Gasteiger partial charge >= 0.3 is 6.18 Å². The highest BCUT2D eigenvalue weighted by Gasteiger charge is 2.37. The first-order valence-corrected chi connectivity index (χ1v) is 5.28. The molecule has 2 N–H and O–H groups in total. The number of hydrogen-bond donors (Lipinski definition) is 1. The van der Waals surface area contributed by atoms with Crippen LogP contribution in [0.1, 0.15) is 11.3 Å². The fourth-order valence-electron chi connectivity index (χ4n) is 2.06. The van der Waals surface area contributed by atoms with Crippen LogP contribution in [0.3, 0.4) is 0 Å². The minimum Gasteiger partial charge on any atom is -0.340 e. The molecule has 1 heterocycles. The van der Waals surface area contributed by atoms with E-state index >= 15 is 0 Å². The van der Waals surface area contributed by atoms with Crippen LogP contribution in [0, 0.1) is 0 Å². The predicted octanol–water partition coefficient (Wildman–Crippen LogP) is 3.31. The standard InChI is InChI=1S/C11H10ClF3N2/c1-17-9-3-2-6(12)4-7(9)8(5-16)10(17)11(13,14)15/h2-4H,5,16H2,1H3. The Bertz CT molecular complexity index is 572. The number of nitrogens with zero attached hydrogens (tertiary/aromatic N) is 1. The summed E-state index contributed by atoms with van der Waals surface area (Å²) in [6.07, 6.45) is -4.42. The second-order valence-corrected chi connectivity index (χ2v) is 4.19. The van der Waals surface area contributed by atoms with Crippen LogP contribution in [-0.2, 0) is 19.8 Å². The molecule has 0 fully saturated rings. The number of aryl methyl sites for hydroxylation is 1. The van der Waals surface area contributed by atoms with Gasteiger partial charge in [0, 0.05) is 35.1 Å². The molecule has 0 bridgehead atoms. The summed E-state index contributed by atoms with van der Waals surface area (Å²) in [6, 6.07) is 4.63. The van der Waals surface area contributed by atoms with Crippen LogP contribution in [0.25, 0.3) is 10.9 Å². The fourth-order valence-corrected chi connectivity index (χ4v) is 2.23. The topological polar surface area (TPSA) is 30.9 Å². The van der Waals surface area contributed by atoms with Gasteiger partial charge < -0.3 is 10.3 Å². The number of halogens is 4. The summed E-state index contributed by atoms with van der Waals surface area (Å²) in [5.74, 6) is 0. The van der Waals surface area contributed by atoms with Crippen LogP contribution < -0.4 is 5.73 Å². The van der Waals surface area contributed by atoms with Gasteiger partial charge in [0.1, 0.15) is 5.69 Å². The highest BCUT2D eigenvalue weighted by atomic mass is 35.5. The summed E-state index contributed by atoms with van der Waals surface area (Å²) in [6.45, 7) is -0.174. The number of nitrogens with two attached hydrogens (primary N) is 1. The molecule has 0 radical (unpaired) electrons. The summed E-state index contributed by atoms with van der Waals surface area (Å²) in [5.41, 5.74) is 5.26. The maximum atomic E-state index is 12.9. The lowest BCUT2D eigenvalue weighted by atomic mass is 10.1. The van der Waals surface area contributed by atoms with Gasteiger partial charge in [-0.05, 0) is 18.2 Å². The molecule has 0 aliphatic heterocycles. The van der Waals surface area contributed by atoms with Gasteiger partial charge in [0.05, 0.1) is 0 Å². The lowest BCUT2D eigenvalue weighted by molar-refractivity contribution is -0.143. The van der Waals surface area contributed by atoms with Crippen LogP contribution in [0.5, 0.6) is 0 Å². The lowest BCUT2D eigenvalue weighted by Gasteiger charge is -2.10. The van der Waals surface area contributed by atoms with Crippen LogP contribution in [0.15, 0.2) is 18.2 Å². The van der Waals surface area contributed by atoms with Crippen molar-refractivity contribution in [3.63, 3.8) is 0 Å². The van der Waals surface area contributed by atoms with Crippen molar-refractivity contribution in [2.45, 2.75) is 12.7 Å². The Labute approximate surface area is 101 Å². The van der Waals surface area contributed by atoms with Crippen molar-refractivity contribution in [1.29, 1.82) is 0 Å². The Hall–Kier alpha value is -1.20. The Morgan fingerprint density at radius 3 is 2.53 bits per heavy atom. The van der Waals surface area contributed by atoms with Crippen molar-refractivity contribution < 1.29 is 13.2 Å². The summed E-state index contributed by atoms with van der Waals surface area (Å²) >= 11 is 5.79. The monoisotopic (exact) mass is 262 g/mol. The molecule has 17 heavy (non-hydrogen) atoms. The SMILES string of the molecule is Cn1c(C(F)(F)F)c(CN)c2cc(Cl)ccc21. The number of fused-ring (bicyclic) bond motifs is 1. The highest BCUT2D eigenvalue weighted by molar-refractivity contribution is 6.31. The molecule has 0 atom stereocenters. The van der Waals surface area contributed by atoms with Gasteiger partial charge in [-0.3, -0.25) is 0 Å². The molecule has 0 aliphatic rings. The summed E-state index contributed by atoms with van der Waals surface area (Å²) < 4.78 is 39.9. The maximum Gasteiger partial charge on any atom is 0.431 e. The molecule has 2 aromatic rings. The molecule has 2 rings (SSSR count). The number of rotatable bonds is 1. The molecule has 0 spiro atoms. The first kappa shape index (κ1) is 12.3. The van der Waals surface area contributed by atoms with Crippen LogP contribution in [0.2, 0.25) is 5.02 Å². The number of benzene rings is 1. The molecule has 1 aromatic heterocycles. The van der Waals surface area contributed by atoms with Gasteiger partial charge in [-0.2, -0.15) is 13.2 Å². The van der Waals surface area contributed by atoms with Crippen LogP contribution in [-0.4, -0.2) is 4.57 Å². The molecule has 0 aliphatic carbocycles. The smallest absolute Gasteiger partial charge is 0.340 e.